The van der Waals surface area contributed by atoms with E-state index in [1.165, 1.54) is 11.2 Å². The lowest BCUT2D eigenvalue weighted by molar-refractivity contribution is -0.143. The smallest absolute Gasteiger partial charge is 0.233 e. The number of nitrogens with two attached hydrogens (primary N) is 1. The molecular weight excluding hydrogens is 475 g/mol. The number of benzene rings is 1. The Kier molecular flexibility index (Phi) is 5.39. The summed E-state index contributed by atoms with van der Waals surface area (Å²) in [5.41, 5.74) is 10.3. The Morgan fingerprint density at radius 1 is 1.18 bits per heavy atom. The van der Waals surface area contributed by atoms with Crippen molar-refractivity contribution in [1.82, 2.24) is 19.5 Å². The summed E-state index contributed by atoms with van der Waals surface area (Å²) in [6.45, 7) is 5.87. The van der Waals surface area contributed by atoms with E-state index in [0.29, 0.717) is 5.02 Å². The number of fused-ring (bicyclic) bond motifs is 2. The maximum Gasteiger partial charge on any atom is 0.233 e. The van der Waals surface area contributed by atoms with Crippen LogP contribution in [0.3, 0.4) is 0 Å². The van der Waals surface area contributed by atoms with Gasteiger partial charge in [0.1, 0.15) is 6.33 Å². The first-order chi connectivity index (χ1) is 15.8. The zero-order chi connectivity index (χ0) is 23.1. The van der Waals surface area contributed by atoms with Crippen molar-refractivity contribution in [1.29, 1.82) is 0 Å². The molecule has 2 aromatic heterocycles. The molecule has 34 heavy (non-hydrogen) atoms. The first kappa shape index (κ1) is 23.1. The summed E-state index contributed by atoms with van der Waals surface area (Å²) in [7, 11) is 0. The molecule has 1 aromatic carbocycles. The van der Waals surface area contributed by atoms with Crippen LogP contribution in [0.5, 0.6) is 0 Å². The molecule has 3 aromatic rings. The molecule has 6 rings (SSSR count). The number of aromatic nitrogens is 3. The second-order valence-electron chi connectivity index (χ2n) is 9.98. The van der Waals surface area contributed by atoms with E-state index in [1.807, 2.05) is 44.3 Å². The number of carbonyl (C=O) groups excluding carboxylic acids is 2. The Labute approximate surface area is 208 Å². The Morgan fingerprint density at radius 2 is 1.91 bits per heavy atom. The van der Waals surface area contributed by atoms with Crippen LogP contribution < -0.4 is 10.6 Å². The topological polar surface area (TPSA) is 96.8 Å². The van der Waals surface area contributed by atoms with E-state index in [-0.39, 0.29) is 54.1 Å². The van der Waals surface area contributed by atoms with Gasteiger partial charge in [0, 0.05) is 41.6 Å². The maximum absolute atomic E-state index is 12.8. The molecule has 3 unspecified atom stereocenters. The first-order valence-electron chi connectivity index (χ1n) is 11.2. The van der Waals surface area contributed by atoms with Crippen LogP contribution in [0.2, 0.25) is 5.02 Å². The van der Waals surface area contributed by atoms with Crippen molar-refractivity contribution in [2.75, 3.05) is 18.0 Å². The number of halogens is 2. The van der Waals surface area contributed by atoms with Gasteiger partial charge in [-0.1, -0.05) is 25.4 Å². The van der Waals surface area contributed by atoms with Gasteiger partial charge in [-0.25, -0.2) is 9.50 Å². The molecule has 3 atom stereocenters. The molecule has 1 aliphatic carbocycles. The number of likely N-dealkylation sites (tertiary alicyclic amines) is 1. The van der Waals surface area contributed by atoms with Gasteiger partial charge in [0.2, 0.25) is 11.8 Å². The van der Waals surface area contributed by atoms with Gasteiger partial charge in [-0.05, 0) is 41.7 Å². The van der Waals surface area contributed by atoms with Gasteiger partial charge in [0.15, 0.2) is 0 Å². The molecule has 2 saturated heterocycles. The largest absolute Gasteiger partial charge is 0.369 e. The highest BCUT2D eigenvalue weighted by atomic mass is 35.5. The second kappa shape index (κ2) is 7.93. The minimum Gasteiger partial charge on any atom is -0.369 e. The average molecular weight is 501 g/mol. The molecule has 0 bridgehead atoms. The number of amides is 2. The monoisotopic (exact) mass is 500 g/mol. The Bertz CT molecular complexity index is 1300. The number of carbonyl (C=O) groups is 2. The van der Waals surface area contributed by atoms with Gasteiger partial charge in [-0.15, -0.1) is 12.4 Å². The number of hydrogen-bond donors (Lipinski definition) is 1. The molecule has 4 heterocycles. The van der Waals surface area contributed by atoms with Crippen molar-refractivity contribution in [3.05, 3.63) is 47.4 Å². The summed E-state index contributed by atoms with van der Waals surface area (Å²) >= 11 is 6.37. The van der Waals surface area contributed by atoms with Crippen LogP contribution in [0, 0.1) is 17.3 Å². The third-order valence-electron chi connectivity index (χ3n) is 7.47. The fraction of sp³-hybridized carbons (Fsp3) is 0.417. The highest BCUT2D eigenvalue weighted by Crippen LogP contribution is 2.63. The molecule has 178 valence electrons. The van der Waals surface area contributed by atoms with E-state index in [1.54, 1.807) is 4.52 Å². The van der Waals surface area contributed by atoms with E-state index in [9.17, 15) is 9.59 Å². The minimum absolute atomic E-state index is 0. The number of anilines is 1. The van der Waals surface area contributed by atoms with Crippen molar-refractivity contribution in [2.24, 2.45) is 23.0 Å². The summed E-state index contributed by atoms with van der Waals surface area (Å²) in [4.78, 5) is 33.8. The van der Waals surface area contributed by atoms with Crippen LogP contribution in [-0.4, -0.2) is 50.4 Å². The first-order valence-corrected chi connectivity index (χ1v) is 11.6. The highest BCUT2D eigenvalue weighted by Gasteiger charge is 2.72. The average Bonchev–Trinajstić information content (AvgIpc) is 3.16. The zero-order valence-electron chi connectivity index (χ0n) is 18.9. The van der Waals surface area contributed by atoms with Crippen molar-refractivity contribution in [2.45, 2.75) is 32.9 Å². The molecule has 1 saturated carbocycles. The van der Waals surface area contributed by atoms with Gasteiger partial charge in [-0.2, -0.15) is 5.10 Å². The summed E-state index contributed by atoms with van der Waals surface area (Å²) in [6.07, 6.45) is 4.30. The molecule has 0 spiro atoms. The van der Waals surface area contributed by atoms with Crippen LogP contribution in [0.1, 0.15) is 25.8 Å². The van der Waals surface area contributed by atoms with Gasteiger partial charge >= 0.3 is 0 Å². The minimum atomic E-state index is -0.212. The van der Waals surface area contributed by atoms with Crippen LogP contribution in [0.25, 0.3) is 16.8 Å². The van der Waals surface area contributed by atoms with Crippen molar-refractivity contribution >= 4 is 47.0 Å². The molecular formula is C24H26Cl2N6O2. The van der Waals surface area contributed by atoms with E-state index in [4.69, 9.17) is 17.3 Å². The van der Waals surface area contributed by atoms with Crippen LogP contribution >= 0.6 is 24.0 Å². The maximum atomic E-state index is 12.8. The predicted molar refractivity (Wildman–Crippen MR) is 132 cm³/mol. The Hall–Kier alpha value is -2.68. The lowest BCUT2D eigenvalue weighted by Crippen LogP contribution is -2.35. The lowest BCUT2D eigenvalue weighted by atomic mass is 10.1. The van der Waals surface area contributed by atoms with Crippen LogP contribution in [-0.2, 0) is 16.1 Å². The number of piperidine rings is 1. The number of imide groups is 1. The van der Waals surface area contributed by atoms with Gasteiger partial charge < -0.3 is 10.6 Å². The zero-order valence-corrected chi connectivity index (χ0v) is 20.5. The molecule has 3 aliphatic rings. The molecule has 10 heteroatoms. The quantitative estimate of drug-likeness (QED) is 0.552. The Morgan fingerprint density at radius 3 is 2.59 bits per heavy atom. The normalized spacial score (nSPS) is 25.1. The number of rotatable bonds is 4. The van der Waals surface area contributed by atoms with Crippen molar-refractivity contribution in [3.8, 4) is 11.3 Å². The third kappa shape index (κ3) is 3.39. The SMILES string of the molecule is CC1(C)C2C(=O)N(Cc3cc4c(-c5cc(Cl)ccc5N5CCC(N)C5)ncnn4c3)C(=O)C21.Cl. The molecule has 3 fully saturated rings. The predicted octanol–water partition coefficient (Wildman–Crippen LogP) is 3.15. The lowest BCUT2D eigenvalue weighted by Gasteiger charge is -2.22. The fourth-order valence-corrected chi connectivity index (χ4v) is 5.77. The van der Waals surface area contributed by atoms with E-state index >= 15 is 0 Å². The van der Waals surface area contributed by atoms with Gasteiger partial charge in [0.05, 0.1) is 29.6 Å². The molecule has 2 aliphatic heterocycles. The second-order valence-corrected chi connectivity index (χ2v) is 10.4. The summed E-state index contributed by atoms with van der Waals surface area (Å²) in [5, 5.41) is 4.98. The molecule has 2 amide bonds. The van der Waals surface area contributed by atoms with E-state index < -0.39 is 0 Å². The summed E-state index contributed by atoms with van der Waals surface area (Å²) in [5.74, 6) is -0.505. The van der Waals surface area contributed by atoms with E-state index in [2.05, 4.69) is 15.0 Å². The summed E-state index contributed by atoms with van der Waals surface area (Å²) in [6, 6.07) is 7.90. The van der Waals surface area contributed by atoms with Crippen molar-refractivity contribution in [3.63, 3.8) is 0 Å². The van der Waals surface area contributed by atoms with Crippen LogP contribution in [0.4, 0.5) is 5.69 Å². The van der Waals surface area contributed by atoms with Gasteiger partial charge in [0.25, 0.3) is 0 Å². The molecule has 8 nitrogen and oxygen atoms in total. The highest BCUT2D eigenvalue weighted by molar-refractivity contribution is 6.31. The standard InChI is InChI=1S/C24H25ClN6O2.ClH/c1-24(2)19-20(24)23(33)30(22(19)32)9-13-7-18-21(27-12-28-31(18)10-13)16-8-14(25)3-4-17(16)29-6-5-15(26)11-29;/h3-4,7-8,10,12,15,19-20H,5-6,9,11,26H2,1-2H3;1H. The van der Waals surface area contributed by atoms with Gasteiger partial charge in [-0.3, -0.25) is 14.5 Å². The van der Waals surface area contributed by atoms with Crippen LogP contribution in [0.15, 0.2) is 36.8 Å². The number of hydrogen-bond acceptors (Lipinski definition) is 6. The Balaban J connectivity index is 0.00000241. The van der Waals surface area contributed by atoms with Crippen molar-refractivity contribution < 1.29 is 9.59 Å². The number of nitrogens with zero attached hydrogens (tertiary/aromatic N) is 5. The summed E-state index contributed by atoms with van der Waals surface area (Å²) < 4.78 is 1.74. The third-order valence-corrected chi connectivity index (χ3v) is 7.71. The molecule has 2 N–H and O–H groups in total. The fourth-order valence-electron chi connectivity index (χ4n) is 5.60. The van der Waals surface area contributed by atoms with E-state index in [0.717, 1.165) is 47.5 Å². The molecule has 0 radical (unpaired) electrons.